The molecule has 244 valence electrons. The van der Waals surface area contributed by atoms with Crippen LogP contribution in [0.1, 0.15) is 48.7 Å². The zero-order valence-electron chi connectivity index (χ0n) is 26.8. The second kappa shape index (κ2) is 15.6. The second-order valence-corrected chi connectivity index (χ2v) is 11.3. The number of phenols is 1. The highest BCUT2D eigenvalue weighted by atomic mass is 16.5. The number of nitrogens with one attached hydrogen (secondary N) is 3. The zero-order valence-corrected chi connectivity index (χ0v) is 26.8. The maximum absolute atomic E-state index is 12.3. The van der Waals surface area contributed by atoms with Crippen molar-refractivity contribution < 1.29 is 19.4 Å². The summed E-state index contributed by atoms with van der Waals surface area (Å²) in [4.78, 5) is 33.9. The minimum atomic E-state index is -0.273. The van der Waals surface area contributed by atoms with Crippen LogP contribution in [0, 0.1) is 0 Å². The number of nitrogens with zero attached hydrogens (tertiary/aromatic N) is 3. The van der Waals surface area contributed by atoms with Gasteiger partial charge in [-0.2, -0.15) is 0 Å². The van der Waals surface area contributed by atoms with Gasteiger partial charge in [-0.1, -0.05) is 61.9 Å². The number of carbonyl (C=O) groups is 2. The van der Waals surface area contributed by atoms with Crippen molar-refractivity contribution in [3.63, 3.8) is 0 Å². The number of phenolic OH excluding ortho intramolecular Hbond substituents is 1. The van der Waals surface area contributed by atoms with Gasteiger partial charge >= 0.3 is 6.03 Å². The summed E-state index contributed by atoms with van der Waals surface area (Å²) < 4.78 is 7.34. The predicted molar refractivity (Wildman–Crippen MR) is 185 cm³/mol. The zero-order chi connectivity index (χ0) is 33.2. The van der Waals surface area contributed by atoms with E-state index in [4.69, 9.17) is 15.5 Å². The Kier molecular flexibility index (Phi) is 10.9. The van der Waals surface area contributed by atoms with Crippen LogP contribution in [0.3, 0.4) is 0 Å². The van der Waals surface area contributed by atoms with Crippen molar-refractivity contribution >= 4 is 45.8 Å². The molecule has 0 saturated carbocycles. The van der Waals surface area contributed by atoms with E-state index in [1.165, 1.54) is 19.3 Å². The van der Waals surface area contributed by atoms with Crippen LogP contribution in [0.4, 0.5) is 10.6 Å². The molecule has 2 aromatic heterocycles. The van der Waals surface area contributed by atoms with Gasteiger partial charge < -0.3 is 36.1 Å². The van der Waals surface area contributed by atoms with E-state index in [1.807, 2.05) is 30.3 Å². The molecule has 0 bridgehead atoms. The lowest BCUT2D eigenvalue weighted by Gasteiger charge is -2.12. The first-order valence-corrected chi connectivity index (χ1v) is 15.8. The summed E-state index contributed by atoms with van der Waals surface area (Å²) in [7, 11) is 1.47. The summed E-state index contributed by atoms with van der Waals surface area (Å²) in [5.41, 5.74) is 11.8. The topological polar surface area (TPSA) is 156 Å². The van der Waals surface area contributed by atoms with Crippen LogP contribution in [-0.2, 0) is 24.3 Å². The number of ether oxygens (including phenoxy) is 1. The van der Waals surface area contributed by atoms with Crippen LogP contribution in [0.5, 0.6) is 11.5 Å². The predicted octanol–water partition coefficient (Wildman–Crippen LogP) is 5.29. The Hall–Kier alpha value is -5.58. The van der Waals surface area contributed by atoms with Gasteiger partial charge in [0.25, 0.3) is 0 Å². The molecule has 2 heterocycles. The molecule has 0 saturated heterocycles. The molecule has 0 aliphatic heterocycles. The third kappa shape index (κ3) is 8.37. The Labute approximate surface area is 273 Å². The molecule has 3 amide bonds. The summed E-state index contributed by atoms with van der Waals surface area (Å²) >= 11 is 0. The number of aromatic hydroxyl groups is 1. The summed E-state index contributed by atoms with van der Waals surface area (Å²) in [6.45, 7) is 4.03. The van der Waals surface area contributed by atoms with E-state index in [9.17, 15) is 14.7 Å². The number of rotatable bonds is 14. The molecule has 0 aliphatic rings. The van der Waals surface area contributed by atoms with Crippen LogP contribution in [0.2, 0.25) is 0 Å². The number of aryl methyl sites for hydroxylation is 1. The van der Waals surface area contributed by atoms with Crippen LogP contribution >= 0.6 is 0 Å². The maximum Gasteiger partial charge on any atom is 0.315 e. The third-order valence-electron chi connectivity index (χ3n) is 7.83. The molecular formula is C36H41N7O4. The number of nitrogens with two attached hydrogens (primary N) is 1. The number of benzene rings is 3. The highest BCUT2D eigenvalue weighted by Gasteiger charge is 2.17. The lowest BCUT2D eigenvalue weighted by molar-refractivity contribution is -0.116. The van der Waals surface area contributed by atoms with Gasteiger partial charge in [0.05, 0.1) is 18.1 Å². The number of anilines is 1. The minimum absolute atomic E-state index is 0.0362. The Morgan fingerprint density at radius 3 is 2.51 bits per heavy atom. The highest BCUT2D eigenvalue weighted by Crippen LogP contribution is 2.30. The largest absolute Gasteiger partial charge is 0.504 e. The van der Waals surface area contributed by atoms with E-state index in [2.05, 4.69) is 50.6 Å². The Balaban J connectivity index is 1.09. The van der Waals surface area contributed by atoms with Gasteiger partial charge in [0.2, 0.25) is 5.91 Å². The highest BCUT2D eigenvalue weighted by molar-refractivity contribution is 6.06. The smallest absolute Gasteiger partial charge is 0.315 e. The number of urea groups is 1. The number of pyridine rings is 1. The molecule has 11 heteroatoms. The number of para-hydroxylation sites is 1. The molecule has 0 atom stereocenters. The lowest BCUT2D eigenvalue weighted by atomic mass is 10.1. The van der Waals surface area contributed by atoms with Crippen LogP contribution in [-0.4, -0.2) is 51.8 Å². The van der Waals surface area contributed by atoms with E-state index in [0.29, 0.717) is 44.2 Å². The monoisotopic (exact) mass is 635 g/mol. The fourth-order valence-corrected chi connectivity index (χ4v) is 5.32. The molecular weight excluding hydrogens is 594 g/mol. The summed E-state index contributed by atoms with van der Waals surface area (Å²) in [5.74, 6) is 1.57. The molecule has 47 heavy (non-hydrogen) atoms. The molecule has 3 aromatic carbocycles. The van der Waals surface area contributed by atoms with Crippen molar-refractivity contribution in [1.29, 1.82) is 0 Å². The quantitative estimate of drug-likeness (QED) is 0.0820. The maximum atomic E-state index is 12.3. The Morgan fingerprint density at radius 1 is 0.957 bits per heavy atom. The average Bonchev–Trinajstić information content (AvgIpc) is 3.45. The lowest BCUT2D eigenvalue weighted by Crippen LogP contribution is -2.36. The number of unbranched alkanes of at least 4 members (excludes halogenated alkanes) is 1. The van der Waals surface area contributed by atoms with Crippen LogP contribution in [0.25, 0.3) is 28.0 Å². The number of hydrogen-bond acceptors (Lipinski definition) is 7. The van der Waals surface area contributed by atoms with Crippen LogP contribution < -0.4 is 26.4 Å². The van der Waals surface area contributed by atoms with E-state index in [-0.39, 0.29) is 17.7 Å². The van der Waals surface area contributed by atoms with Crippen molar-refractivity contribution in [3.8, 4) is 11.5 Å². The van der Waals surface area contributed by atoms with Gasteiger partial charge in [-0.05, 0) is 53.8 Å². The van der Waals surface area contributed by atoms with E-state index < -0.39 is 0 Å². The van der Waals surface area contributed by atoms with Gasteiger partial charge in [0, 0.05) is 44.1 Å². The van der Waals surface area contributed by atoms with Crippen molar-refractivity contribution in [2.24, 2.45) is 0 Å². The standard InChI is InChI=1S/C36H41N7O4/c1-3-4-10-31-42-33-34(27-8-5-6-9-28(27)41-35(33)37)43(31)23-26-13-11-25(12-14-26)22-40-36(46)39-20-7-19-38-32(45)18-16-24-15-17-29(44)30(21-24)47-2/h5-6,8-9,11-18,21,44H,3-4,7,10,19-20,22-23H2,1-2H3,(H2,37,41)(H,38,45)(H2,39,40,46)/b18-16+. The normalized spacial score (nSPS) is 11.3. The molecule has 5 aromatic rings. The van der Waals surface area contributed by atoms with Crippen molar-refractivity contribution in [1.82, 2.24) is 30.5 Å². The molecule has 0 unspecified atom stereocenters. The van der Waals surface area contributed by atoms with Gasteiger partial charge in [0.15, 0.2) is 17.3 Å². The first kappa shape index (κ1) is 32.8. The van der Waals surface area contributed by atoms with Crippen molar-refractivity contribution in [2.75, 3.05) is 25.9 Å². The average molecular weight is 636 g/mol. The van der Waals surface area contributed by atoms with E-state index in [1.54, 1.807) is 18.2 Å². The van der Waals surface area contributed by atoms with Crippen LogP contribution in [0.15, 0.2) is 72.8 Å². The SMILES string of the molecule is CCCCc1nc2c(N)nc3ccccc3c2n1Cc1ccc(CNC(=O)NCCCNC(=O)/C=C/c2ccc(O)c(OC)c2)cc1. The number of fused-ring (bicyclic) bond motifs is 3. The van der Waals surface area contributed by atoms with E-state index >= 15 is 0 Å². The van der Waals surface area contributed by atoms with Gasteiger partial charge in [-0.3, -0.25) is 4.79 Å². The summed E-state index contributed by atoms with van der Waals surface area (Å²) in [5, 5.41) is 19.2. The molecule has 0 radical (unpaired) electrons. The molecule has 0 aliphatic carbocycles. The molecule has 6 N–H and O–H groups in total. The number of amides is 3. The first-order chi connectivity index (χ1) is 22.9. The van der Waals surface area contributed by atoms with Crippen molar-refractivity contribution in [2.45, 2.75) is 45.7 Å². The molecule has 5 rings (SSSR count). The third-order valence-corrected chi connectivity index (χ3v) is 7.83. The Bertz CT molecular complexity index is 1880. The molecule has 0 fully saturated rings. The number of carbonyl (C=O) groups excluding carboxylic acids is 2. The molecule has 0 spiro atoms. The van der Waals surface area contributed by atoms with Crippen molar-refractivity contribution in [3.05, 3.63) is 95.3 Å². The number of nitrogen functional groups attached to an aromatic ring is 1. The minimum Gasteiger partial charge on any atom is -0.504 e. The van der Waals surface area contributed by atoms with Gasteiger partial charge in [-0.15, -0.1) is 0 Å². The fraction of sp³-hybridized carbons (Fsp3) is 0.278. The number of methoxy groups -OCH3 is 1. The fourth-order valence-electron chi connectivity index (χ4n) is 5.32. The summed E-state index contributed by atoms with van der Waals surface area (Å²) in [6, 6.07) is 20.8. The summed E-state index contributed by atoms with van der Waals surface area (Å²) in [6.07, 6.45) is 6.59. The number of hydrogen-bond donors (Lipinski definition) is 5. The second-order valence-electron chi connectivity index (χ2n) is 11.3. The number of imidazole rings is 1. The molecule has 11 nitrogen and oxygen atoms in total. The Morgan fingerprint density at radius 2 is 1.72 bits per heavy atom. The first-order valence-electron chi connectivity index (χ1n) is 15.8. The van der Waals surface area contributed by atoms with Gasteiger partial charge in [-0.25, -0.2) is 14.8 Å². The number of aromatic nitrogens is 3. The van der Waals surface area contributed by atoms with Gasteiger partial charge in [0.1, 0.15) is 11.3 Å². The van der Waals surface area contributed by atoms with E-state index in [0.717, 1.165) is 63.7 Å².